The lowest BCUT2D eigenvalue weighted by molar-refractivity contribution is -0.120. The predicted octanol–water partition coefficient (Wildman–Crippen LogP) is 0.989. The highest BCUT2D eigenvalue weighted by molar-refractivity contribution is 7.92. The summed E-state index contributed by atoms with van der Waals surface area (Å²) in [6, 6.07) is 6.57. The highest BCUT2D eigenvalue weighted by Gasteiger charge is 2.26. The molecule has 1 N–H and O–H groups in total. The van der Waals surface area contributed by atoms with Crippen molar-refractivity contribution in [2.45, 2.75) is 19.4 Å². The number of carbonyl (C=O) groups is 1. The van der Waals surface area contributed by atoms with E-state index in [0.29, 0.717) is 11.4 Å². The van der Waals surface area contributed by atoms with E-state index in [0.717, 1.165) is 10.6 Å². The molecule has 0 radical (unpaired) electrons. The van der Waals surface area contributed by atoms with Crippen LogP contribution in [0.2, 0.25) is 0 Å². The Morgan fingerprint density at radius 3 is 2.50 bits per heavy atom. The number of benzene rings is 1. The Balaban J connectivity index is 3.12. The minimum atomic E-state index is -3.67. The molecule has 1 rings (SSSR count). The van der Waals surface area contributed by atoms with Crippen molar-refractivity contribution >= 4 is 21.6 Å². The van der Waals surface area contributed by atoms with Gasteiger partial charge in [0.15, 0.2) is 0 Å². The number of hydrogen-bond acceptors (Lipinski definition) is 4. The summed E-state index contributed by atoms with van der Waals surface area (Å²) in [5.74, 6) is 2.28. The first-order valence-electron chi connectivity index (χ1n) is 6.50. The molecule has 0 aliphatic carbocycles. The average molecular weight is 324 g/mol. The maximum Gasteiger partial charge on any atom is 0.241 e. The highest BCUT2D eigenvalue weighted by Crippen LogP contribution is 2.29. The lowest BCUT2D eigenvalue weighted by Gasteiger charge is -2.26. The zero-order valence-electron chi connectivity index (χ0n) is 13.1. The van der Waals surface area contributed by atoms with Crippen LogP contribution in [0, 0.1) is 12.3 Å². The fourth-order valence-electron chi connectivity index (χ4n) is 1.77. The van der Waals surface area contributed by atoms with Crippen LogP contribution < -0.4 is 14.4 Å². The summed E-state index contributed by atoms with van der Waals surface area (Å²) in [6.45, 7) is 2.92. The van der Waals surface area contributed by atoms with Crippen molar-refractivity contribution in [1.82, 2.24) is 5.32 Å². The Morgan fingerprint density at radius 1 is 1.41 bits per heavy atom. The van der Waals surface area contributed by atoms with Crippen molar-refractivity contribution < 1.29 is 17.9 Å². The SMILES string of the molecule is C#CC(C)(C)NC(=O)CN(c1ccccc1OC)S(C)(=O)=O. The number of nitrogens with zero attached hydrogens (tertiary/aromatic N) is 1. The van der Waals surface area contributed by atoms with Crippen LogP contribution in [0.3, 0.4) is 0 Å². The molecule has 0 heterocycles. The normalized spacial score (nSPS) is 11.4. The van der Waals surface area contributed by atoms with Gasteiger partial charge in [-0.1, -0.05) is 18.1 Å². The molecule has 0 atom stereocenters. The second kappa shape index (κ2) is 6.71. The van der Waals surface area contributed by atoms with E-state index in [1.165, 1.54) is 7.11 Å². The number of terminal acetylenes is 1. The van der Waals surface area contributed by atoms with E-state index in [4.69, 9.17) is 11.2 Å². The molecule has 1 aromatic carbocycles. The first kappa shape index (κ1) is 17.9. The summed E-state index contributed by atoms with van der Waals surface area (Å²) >= 11 is 0. The Hall–Kier alpha value is -2.20. The van der Waals surface area contributed by atoms with Crippen LogP contribution in [-0.4, -0.2) is 39.8 Å². The number of hydrogen-bond donors (Lipinski definition) is 1. The number of rotatable bonds is 6. The fourth-order valence-corrected chi connectivity index (χ4v) is 2.63. The van der Waals surface area contributed by atoms with Crippen molar-refractivity contribution in [2.24, 2.45) is 0 Å². The van der Waals surface area contributed by atoms with Crippen LogP contribution in [0.5, 0.6) is 5.75 Å². The summed E-state index contributed by atoms with van der Waals surface area (Å²) in [5, 5.41) is 2.59. The van der Waals surface area contributed by atoms with Crippen LogP contribution in [0.1, 0.15) is 13.8 Å². The quantitative estimate of drug-likeness (QED) is 0.792. The Kier molecular flexibility index (Phi) is 5.44. The molecule has 6 nitrogen and oxygen atoms in total. The van der Waals surface area contributed by atoms with Gasteiger partial charge in [-0.3, -0.25) is 9.10 Å². The van der Waals surface area contributed by atoms with E-state index in [-0.39, 0.29) is 6.54 Å². The van der Waals surface area contributed by atoms with Crippen molar-refractivity contribution in [3.8, 4) is 18.1 Å². The lowest BCUT2D eigenvalue weighted by atomic mass is 10.1. The summed E-state index contributed by atoms with van der Waals surface area (Å²) in [7, 11) is -2.24. The molecule has 1 aromatic rings. The van der Waals surface area contributed by atoms with Crippen LogP contribution in [0.15, 0.2) is 24.3 Å². The van der Waals surface area contributed by atoms with Gasteiger partial charge in [-0.25, -0.2) is 8.42 Å². The molecule has 0 aromatic heterocycles. The maximum atomic E-state index is 12.1. The zero-order valence-corrected chi connectivity index (χ0v) is 13.9. The van der Waals surface area contributed by atoms with Gasteiger partial charge in [0, 0.05) is 0 Å². The van der Waals surface area contributed by atoms with Gasteiger partial charge in [0.05, 0.1) is 24.6 Å². The molecule has 1 amide bonds. The average Bonchev–Trinajstić information content (AvgIpc) is 2.43. The molecule has 7 heteroatoms. The maximum absolute atomic E-state index is 12.1. The number of methoxy groups -OCH3 is 1. The predicted molar refractivity (Wildman–Crippen MR) is 86.2 cm³/mol. The third-order valence-corrected chi connectivity index (χ3v) is 3.98. The van der Waals surface area contributed by atoms with Crippen molar-refractivity contribution in [3.05, 3.63) is 24.3 Å². The Labute approximate surface area is 131 Å². The minimum absolute atomic E-state index is 0.293. The summed E-state index contributed by atoms with van der Waals surface area (Å²) < 4.78 is 30.2. The number of amides is 1. The van der Waals surface area contributed by atoms with Gasteiger partial charge < -0.3 is 10.1 Å². The third kappa shape index (κ3) is 4.67. The topological polar surface area (TPSA) is 75.7 Å². The highest BCUT2D eigenvalue weighted by atomic mass is 32.2. The van der Waals surface area contributed by atoms with Crippen LogP contribution in [0.25, 0.3) is 0 Å². The molecule has 0 fully saturated rings. The van der Waals surface area contributed by atoms with Crippen molar-refractivity contribution in [2.75, 3.05) is 24.2 Å². The first-order valence-corrected chi connectivity index (χ1v) is 8.35. The number of anilines is 1. The number of sulfonamides is 1. The summed E-state index contributed by atoms with van der Waals surface area (Å²) in [4.78, 5) is 12.1. The molecule has 120 valence electrons. The molecule has 0 saturated heterocycles. The van der Waals surface area contributed by atoms with Gasteiger partial charge in [0.1, 0.15) is 12.3 Å². The van der Waals surface area contributed by atoms with Gasteiger partial charge in [0.25, 0.3) is 0 Å². The van der Waals surface area contributed by atoms with E-state index >= 15 is 0 Å². The summed E-state index contributed by atoms with van der Waals surface area (Å²) in [6.07, 6.45) is 6.34. The van der Waals surface area contributed by atoms with Gasteiger partial charge in [-0.15, -0.1) is 6.42 Å². The number of nitrogens with one attached hydrogen (secondary N) is 1. The van der Waals surface area contributed by atoms with Crippen LogP contribution >= 0.6 is 0 Å². The second-order valence-electron chi connectivity index (χ2n) is 5.26. The first-order chi connectivity index (χ1) is 10.1. The molecule has 0 spiro atoms. The van der Waals surface area contributed by atoms with E-state index < -0.39 is 21.5 Å². The molecule has 0 bridgehead atoms. The lowest BCUT2D eigenvalue weighted by Crippen LogP contribution is -2.48. The smallest absolute Gasteiger partial charge is 0.241 e. The monoisotopic (exact) mass is 324 g/mol. The van der Waals surface area contributed by atoms with Gasteiger partial charge in [-0.05, 0) is 26.0 Å². The standard InChI is InChI=1S/C15H20N2O4S/c1-6-15(2,3)16-14(18)11-17(22(5,19)20)12-9-7-8-10-13(12)21-4/h1,7-10H,11H2,2-5H3,(H,16,18). The van der Waals surface area contributed by atoms with Gasteiger partial charge in [0.2, 0.25) is 15.9 Å². The molecular formula is C15H20N2O4S. The molecule has 0 unspecified atom stereocenters. The van der Waals surface area contributed by atoms with Crippen LogP contribution in [-0.2, 0) is 14.8 Å². The number of para-hydroxylation sites is 2. The Morgan fingerprint density at radius 2 is 2.00 bits per heavy atom. The van der Waals surface area contributed by atoms with Gasteiger partial charge in [-0.2, -0.15) is 0 Å². The molecule has 0 saturated carbocycles. The van der Waals surface area contributed by atoms with Gasteiger partial charge >= 0.3 is 0 Å². The molecule has 22 heavy (non-hydrogen) atoms. The van der Waals surface area contributed by atoms with E-state index in [1.54, 1.807) is 38.1 Å². The molecular weight excluding hydrogens is 304 g/mol. The summed E-state index contributed by atoms with van der Waals surface area (Å²) in [5.41, 5.74) is -0.567. The zero-order chi connectivity index (χ0) is 17.0. The largest absolute Gasteiger partial charge is 0.495 e. The molecule has 0 aliphatic rings. The van der Waals surface area contributed by atoms with Crippen molar-refractivity contribution in [3.63, 3.8) is 0 Å². The number of ether oxygens (including phenoxy) is 1. The fraction of sp³-hybridized carbons (Fsp3) is 0.400. The third-order valence-electron chi connectivity index (χ3n) is 2.85. The van der Waals surface area contributed by atoms with Crippen LogP contribution in [0.4, 0.5) is 5.69 Å². The Bertz CT molecular complexity index is 690. The van der Waals surface area contributed by atoms with Crippen molar-refractivity contribution in [1.29, 1.82) is 0 Å². The van der Waals surface area contributed by atoms with E-state index in [2.05, 4.69) is 11.2 Å². The second-order valence-corrected chi connectivity index (χ2v) is 7.17. The van der Waals surface area contributed by atoms with E-state index in [1.807, 2.05) is 0 Å². The van der Waals surface area contributed by atoms with E-state index in [9.17, 15) is 13.2 Å². The molecule has 0 aliphatic heterocycles. The minimum Gasteiger partial charge on any atom is -0.495 e. The number of carbonyl (C=O) groups excluding carboxylic acids is 1.